The Morgan fingerprint density at radius 2 is 2.00 bits per heavy atom. The van der Waals surface area contributed by atoms with Crippen LogP contribution >= 0.6 is 0 Å². The number of nitrogen functional groups attached to an aromatic ring is 1. The lowest BCUT2D eigenvalue weighted by atomic mass is 10.3. The van der Waals surface area contributed by atoms with E-state index in [1.165, 1.54) is 0 Å². The topological polar surface area (TPSA) is 43.8 Å². The minimum absolute atomic E-state index is 0.640. The molecule has 0 aliphatic heterocycles. The average Bonchev–Trinajstić information content (AvgIpc) is 2.53. The van der Waals surface area contributed by atoms with Gasteiger partial charge in [0.1, 0.15) is 5.82 Å². The van der Waals surface area contributed by atoms with E-state index in [2.05, 4.69) is 11.2 Å². The van der Waals surface area contributed by atoms with Crippen LogP contribution in [0.3, 0.4) is 0 Å². The van der Waals surface area contributed by atoms with Crippen molar-refractivity contribution < 1.29 is 0 Å². The van der Waals surface area contributed by atoms with Crippen molar-refractivity contribution in [2.45, 2.75) is 0 Å². The van der Waals surface area contributed by atoms with Crippen molar-refractivity contribution in [1.29, 1.82) is 0 Å². The number of hydrogen-bond acceptors (Lipinski definition) is 2. The number of aromatic nitrogens is 2. The minimum atomic E-state index is 0.640. The zero-order valence-electron chi connectivity index (χ0n) is 6.44. The molecule has 59 valence electrons. The molecule has 0 atom stereocenters. The van der Waals surface area contributed by atoms with Gasteiger partial charge in [-0.15, -0.1) is 0 Å². The zero-order chi connectivity index (χ0) is 8.39. The van der Waals surface area contributed by atoms with Gasteiger partial charge in [-0.05, 0) is 18.2 Å². The Bertz CT molecular complexity index is 364. The first-order valence-corrected chi connectivity index (χ1v) is 3.64. The van der Waals surface area contributed by atoms with E-state index in [-0.39, 0.29) is 0 Å². The fourth-order valence-corrected chi connectivity index (χ4v) is 1.05. The Kier molecular flexibility index (Phi) is 1.55. The number of benzene rings is 1. The van der Waals surface area contributed by atoms with Crippen molar-refractivity contribution in [3.05, 3.63) is 42.6 Å². The molecule has 12 heavy (non-hydrogen) atoms. The third-order valence-corrected chi connectivity index (χ3v) is 1.62. The molecule has 2 rings (SSSR count). The third-order valence-electron chi connectivity index (χ3n) is 1.62. The molecule has 1 heterocycles. The highest BCUT2D eigenvalue weighted by Crippen LogP contribution is 2.09. The van der Waals surface area contributed by atoms with E-state index in [0.717, 1.165) is 5.69 Å². The van der Waals surface area contributed by atoms with E-state index >= 15 is 0 Å². The molecule has 0 saturated heterocycles. The molecule has 3 heteroatoms. The highest BCUT2D eigenvalue weighted by atomic mass is 15.3. The van der Waals surface area contributed by atoms with Crippen LogP contribution in [0.4, 0.5) is 5.82 Å². The summed E-state index contributed by atoms with van der Waals surface area (Å²) in [6, 6.07) is 12.2. The SMILES string of the molecule is Nc1ccnn1-c1cc[c]cc1. The zero-order valence-corrected chi connectivity index (χ0v) is 6.44. The van der Waals surface area contributed by atoms with Crippen LogP contribution in [-0.2, 0) is 0 Å². The quantitative estimate of drug-likeness (QED) is 0.678. The molecular formula is C9H8N3. The van der Waals surface area contributed by atoms with Crippen molar-refractivity contribution in [3.8, 4) is 5.69 Å². The fraction of sp³-hybridized carbons (Fsp3) is 0. The van der Waals surface area contributed by atoms with Gasteiger partial charge in [-0.1, -0.05) is 12.1 Å². The predicted octanol–water partition coefficient (Wildman–Crippen LogP) is 1.25. The summed E-state index contributed by atoms with van der Waals surface area (Å²) in [6.07, 6.45) is 1.67. The van der Waals surface area contributed by atoms with Gasteiger partial charge in [-0.25, -0.2) is 4.68 Å². The summed E-state index contributed by atoms with van der Waals surface area (Å²) in [5.41, 5.74) is 6.62. The van der Waals surface area contributed by atoms with Crippen LogP contribution in [-0.4, -0.2) is 9.78 Å². The van der Waals surface area contributed by atoms with Crippen molar-refractivity contribution in [2.24, 2.45) is 0 Å². The fourth-order valence-electron chi connectivity index (χ4n) is 1.05. The van der Waals surface area contributed by atoms with Gasteiger partial charge in [0, 0.05) is 6.07 Å². The van der Waals surface area contributed by atoms with E-state index < -0.39 is 0 Å². The summed E-state index contributed by atoms with van der Waals surface area (Å²) in [5.74, 6) is 0.640. The van der Waals surface area contributed by atoms with E-state index in [9.17, 15) is 0 Å². The number of nitrogens with zero attached hydrogens (tertiary/aromatic N) is 2. The molecule has 2 N–H and O–H groups in total. The monoisotopic (exact) mass is 158 g/mol. The van der Waals surface area contributed by atoms with Crippen molar-refractivity contribution in [1.82, 2.24) is 9.78 Å². The van der Waals surface area contributed by atoms with E-state index in [4.69, 9.17) is 5.73 Å². The lowest BCUT2D eigenvalue weighted by Crippen LogP contribution is -2.00. The van der Waals surface area contributed by atoms with Gasteiger partial charge in [-0.2, -0.15) is 5.10 Å². The molecule has 0 aliphatic rings. The van der Waals surface area contributed by atoms with E-state index in [1.54, 1.807) is 16.9 Å². The van der Waals surface area contributed by atoms with Crippen LogP contribution in [0.2, 0.25) is 0 Å². The lowest BCUT2D eigenvalue weighted by Gasteiger charge is -2.01. The van der Waals surface area contributed by atoms with Gasteiger partial charge in [-0.3, -0.25) is 0 Å². The van der Waals surface area contributed by atoms with E-state index in [0.29, 0.717) is 5.82 Å². The van der Waals surface area contributed by atoms with Gasteiger partial charge >= 0.3 is 0 Å². The summed E-state index contributed by atoms with van der Waals surface area (Å²) in [5, 5.41) is 4.06. The van der Waals surface area contributed by atoms with Crippen LogP contribution in [0.1, 0.15) is 0 Å². The summed E-state index contributed by atoms with van der Waals surface area (Å²) in [7, 11) is 0. The van der Waals surface area contributed by atoms with Gasteiger partial charge in [0.05, 0.1) is 11.9 Å². The second kappa shape index (κ2) is 2.70. The Labute approximate surface area is 70.4 Å². The molecule has 3 nitrogen and oxygen atoms in total. The number of hydrogen-bond donors (Lipinski definition) is 1. The van der Waals surface area contributed by atoms with Crippen molar-refractivity contribution >= 4 is 5.82 Å². The Balaban J connectivity index is 2.51. The molecule has 0 fully saturated rings. The van der Waals surface area contributed by atoms with Crippen LogP contribution in [0.5, 0.6) is 0 Å². The maximum absolute atomic E-state index is 5.66. The lowest BCUT2D eigenvalue weighted by molar-refractivity contribution is 0.891. The first-order valence-electron chi connectivity index (χ1n) is 3.64. The molecule has 0 bridgehead atoms. The number of nitrogens with two attached hydrogens (primary N) is 1. The number of anilines is 1. The maximum atomic E-state index is 5.66. The molecule has 1 aromatic heterocycles. The summed E-state index contributed by atoms with van der Waals surface area (Å²) in [4.78, 5) is 0. The van der Waals surface area contributed by atoms with Crippen LogP contribution in [0.15, 0.2) is 36.5 Å². The smallest absolute Gasteiger partial charge is 0.127 e. The maximum Gasteiger partial charge on any atom is 0.127 e. The van der Waals surface area contributed by atoms with E-state index in [1.807, 2.05) is 24.3 Å². The third kappa shape index (κ3) is 1.05. The first kappa shape index (κ1) is 6.91. The number of rotatable bonds is 1. The second-order valence-electron chi connectivity index (χ2n) is 2.43. The average molecular weight is 158 g/mol. The summed E-state index contributed by atoms with van der Waals surface area (Å²) in [6.45, 7) is 0. The first-order chi connectivity index (χ1) is 5.88. The van der Waals surface area contributed by atoms with Crippen LogP contribution in [0, 0.1) is 6.07 Å². The largest absolute Gasteiger partial charge is 0.384 e. The van der Waals surface area contributed by atoms with Gasteiger partial charge in [0.2, 0.25) is 0 Å². The Morgan fingerprint density at radius 3 is 2.58 bits per heavy atom. The van der Waals surface area contributed by atoms with Gasteiger partial charge in [0.15, 0.2) is 0 Å². The second-order valence-corrected chi connectivity index (χ2v) is 2.43. The molecule has 1 aromatic carbocycles. The minimum Gasteiger partial charge on any atom is -0.384 e. The van der Waals surface area contributed by atoms with Gasteiger partial charge in [0.25, 0.3) is 0 Å². The molecule has 2 aromatic rings. The molecule has 0 saturated carbocycles. The normalized spacial score (nSPS) is 10.0. The van der Waals surface area contributed by atoms with Crippen molar-refractivity contribution in [2.75, 3.05) is 5.73 Å². The van der Waals surface area contributed by atoms with Crippen molar-refractivity contribution in [3.63, 3.8) is 0 Å². The molecule has 0 unspecified atom stereocenters. The molecule has 0 spiro atoms. The molecule has 1 radical (unpaired) electrons. The summed E-state index contributed by atoms with van der Waals surface area (Å²) < 4.78 is 1.67. The Morgan fingerprint density at radius 1 is 1.25 bits per heavy atom. The Hall–Kier alpha value is -1.77. The molecule has 0 aliphatic carbocycles. The highest BCUT2D eigenvalue weighted by Gasteiger charge is 1.98. The van der Waals surface area contributed by atoms with Crippen LogP contribution in [0.25, 0.3) is 5.69 Å². The molecular weight excluding hydrogens is 150 g/mol. The summed E-state index contributed by atoms with van der Waals surface area (Å²) >= 11 is 0. The predicted molar refractivity (Wildman–Crippen MR) is 46.8 cm³/mol. The van der Waals surface area contributed by atoms with Gasteiger partial charge < -0.3 is 5.73 Å². The molecule has 0 amide bonds. The highest BCUT2D eigenvalue weighted by molar-refractivity contribution is 5.40. The standard InChI is InChI=1S/C9H8N3/c10-9-6-7-11-12(9)8-4-2-1-3-5-8/h2-7H,10H2. The van der Waals surface area contributed by atoms with Crippen LogP contribution < -0.4 is 5.73 Å².